The van der Waals surface area contributed by atoms with Crippen LogP contribution in [0, 0.1) is 5.41 Å². The van der Waals surface area contributed by atoms with Crippen LogP contribution in [-0.2, 0) is 4.79 Å². The molecule has 0 unspecified atom stereocenters. The molecular weight excluding hydrogens is 242 g/mol. The molecule has 5 N–H and O–H groups in total. The summed E-state index contributed by atoms with van der Waals surface area (Å²) in [4.78, 5) is 10.8. The van der Waals surface area contributed by atoms with E-state index in [9.17, 15) is 4.79 Å². The fourth-order valence-corrected chi connectivity index (χ4v) is 1.03. The Labute approximate surface area is 105 Å². The van der Waals surface area contributed by atoms with Gasteiger partial charge >= 0.3 is 0 Å². The number of hydrogen-bond acceptors (Lipinski definition) is 3. The van der Waals surface area contributed by atoms with Crippen LogP contribution in [0.15, 0.2) is 29.4 Å². The Hall–Kier alpha value is -2.08. The predicted molar refractivity (Wildman–Crippen MR) is 70.6 cm³/mol. The third kappa shape index (κ3) is 6.16. The number of hydrogen-bond donors (Lipinski definition) is 4. The molecule has 0 aliphatic heterocycles. The van der Waals surface area contributed by atoms with Crippen LogP contribution in [-0.4, -0.2) is 18.1 Å². The molecule has 1 amide bonds. The van der Waals surface area contributed by atoms with Gasteiger partial charge in [0.15, 0.2) is 0 Å². The Balaban J connectivity index is 0.00000256. The maximum absolute atomic E-state index is 10.8. The number of nitrogens with zero attached hydrogens (tertiary/aromatic N) is 1. The van der Waals surface area contributed by atoms with Gasteiger partial charge in [-0.15, -0.1) is 12.4 Å². The summed E-state index contributed by atoms with van der Waals surface area (Å²) in [7, 11) is 0. The molecule has 1 aromatic rings. The smallest absolute Gasteiger partial charge is 0.221 e. The van der Waals surface area contributed by atoms with Gasteiger partial charge in [-0.1, -0.05) is 12.1 Å². The van der Waals surface area contributed by atoms with Crippen LogP contribution in [0.5, 0.6) is 0 Å². The highest BCUT2D eigenvalue weighted by molar-refractivity contribution is 5.89. The summed E-state index contributed by atoms with van der Waals surface area (Å²) in [5.41, 5.74) is 8.91. The van der Waals surface area contributed by atoms with Gasteiger partial charge in [-0.25, -0.2) is 5.43 Å². The molecule has 0 spiro atoms. The summed E-state index contributed by atoms with van der Waals surface area (Å²) in [6, 6.07) is 7.10. The molecule has 0 heterocycles. The zero-order chi connectivity index (χ0) is 12.0. The zero-order valence-corrected chi connectivity index (χ0v) is 10.0. The monoisotopic (exact) mass is 255 g/mol. The summed E-state index contributed by atoms with van der Waals surface area (Å²) in [6.07, 6.45) is 1.53. The topological polar surface area (TPSA) is 103 Å². The van der Waals surface area contributed by atoms with Crippen molar-refractivity contribution in [2.75, 3.05) is 5.32 Å². The molecule has 92 valence electrons. The number of amides is 1. The van der Waals surface area contributed by atoms with Crippen LogP contribution in [0.25, 0.3) is 0 Å². The number of anilines is 1. The molecule has 0 aliphatic carbocycles. The van der Waals surface area contributed by atoms with E-state index in [1.807, 2.05) is 0 Å². The van der Waals surface area contributed by atoms with Crippen molar-refractivity contribution in [1.29, 1.82) is 5.41 Å². The minimum absolute atomic E-state index is 0. The Kier molecular flexibility index (Phi) is 6.35. The number of rotatable bonds is 3. The minimum atomic E-state index is -0.217. The first-order valence-electron chi connectivity index (χ1n) is 4.58. The van der Waals surface area contributed by atoms with Crippen LogP contribution >= 0.6 is 12.4 Å². The van der Waals surface area contributed by atoms with Gasteiger partial charge in [0.25, 0.3) is 0 Å². The van der Waals surface area contributed by atoms with Crippen LogP contribution in [0.2, 0.25) is 0 Å². The highest BCUT2D eigenvalue weighted by Crippen LogP contribution is 2.07. The number of carbonyl (C=O) groups excluding carboxylic acids is 1. The Morgan fingerprint density at radius 3 is 2.47 bits per heavy atom. The largest absolute Gasteiger partial charge is 0.369 e. The normalized spacial score (nSPS) is 9.47. The van der Waals surface area contributed by atoms with Crippen molar-refractivity contribution in [3.05, 3.63) is 29.8 Å². The second-order valence-corrected chi connectivity index (χ2v) is 3.09. The maximum atomic E-state index is 10.8. The number of nitrogens with one attached hydrogen (secondary N) is 3. The molecule has 1 aromatic carbocycles. The van der Waals surface area contributed by atoms with Gasteiger partial charge in [-0.2, -0.15) is 5.10 Å². The lowest BCUT2D eigenvalue weighted by Crippen LogP contribution is -2.25. The first-order chi connectivity index (χ1) is 7.58. The molecule has 0 bridgehead atoms. The van der Waals surface area contributed by atoms with E-state index >= 15 is 0 Å². The molecule has 7 heteroatoms. The van der Waals surface area contributed by atoms with E-state index in [4.69, 9.17) is 11.1 Å². The number of halogens is 1. The minimum Gasteiger partial charge on any atom is -0.369 e. The van der Waals surface area contributed by atoms with Crippen molar-refractivity contribution in [2.45, 2.75) is 6.92 Å². The van der Waals surface area contributed by atoms with E-state index < -0.39 is 0 Å². The van der Waals surface area contributed by atoms with E-state index in [2.05, 4.69) is 15.8 Å². The first-order valence-corrected chi connectivity index (χ1v) is 4.58. The second-order valence-electron chi connectivity index (χ2n) is 3.09. The highest BCUT2D eigenvalue weighted by atomic mass is 35.5. The summed E-state index contributed by atoms with van der Waals surface area (Å²) < 4.78 is 0. The van der Waals surface area contributed by atoms with Crippen molar-refractivity contribution < 1.29 is 4.79 Å². The van der Waals surface area contributed by atoms with Gasteiger partial charge in [0.05, 0.1) is 6.21 Å². The molecule has 6 nitrogen and oxygen atoms in total. The van der Waals surface area contributed by atoms with Crippen molar-refractivity contribution in [2.24, 2.45) is 10.8 Å². The van der Waals surface area contributed by atoms with E-state index in [0.29, 0.717) is 0 Å². The average Bonchev–Trinajstić information content (AvgIpc) is 2.19. The second kappa shape index (κ2) is 7.24. The Morgan fingerprint density at radius 1 is 1.41 bits per heavy atom. The molecule has 0 saturated heterocycles. The van der Waals surface area contributed by atoms with Crippen molar-refractivity contribution >= 4 is 36.2 Å². The summed E-state index contributed by atoms with van der Waals surface area (Å²) in [6.45, 7) is 1.45. The lowest BCUT2D eigenvalue weighted by atomic mass is 10.2. The lowest BCUT2D eigenvalue weighted by Gasteiger charge is -2.01. The third-order valence-corrected chi connectivity index (χ3v) is 1.63. The molecule has 0 fully saturated rings. The zero-order valence-electron chi connectivity index (χ0n) is 9.23. The molecule has 0 aromatic heterocycles. The van der Waals surface area contributed by atoms with Crippen molar-refractivity contribution in [3.63, 3.8) is 0 Å². The summed E-state index contributed by atoms with van der Waals surface area (Å²) in [5, 5.41) is 13.2. The number of carbonyl (C=O) groups is 1. The fraction of sp³-hybridized carbons (Fsp3) is 0.100. The van der Waals surface area contributed by atoms with E-state index in [1.54, 1.807) is 24.3 Å². The van der Waals surface area contributed by atoms with Gasteiger partial charge in [0.2, 0.25) is 11.9 Å². The fourth-order valence-electron chi connectivity index (χ4n) is 1.03. The summed E-state index contributed by atoms with van der Waals surface area (Å²) in [5.74, 6) is -0.328. The van der Waals surface area contributed by atoms with Crippen LogP contribution in [0.3, 0.4) is 0 Å². The number of hydrazone groups is 1. The molecular formula is C10H14ClN5O. The van der Waals surface area contributed by atoms with Gasteiger partial charge in [-0.05, 0) is 17.7 Å². The van der Waals surface area contributed by atoms with Crippen molar-refractivity contribution in [1.82, 2.24) is 5.43 Å². The number of guanidine groups is 1. The maximum Gasteiger partial charge on any atom is 0.221 e. The number of nitrogens with two attached hydrogens (primary N) is 1. The van der Waals surface area contributed by atoms with E-state index in [1.165, 1.54) is 13.1 Å². The first kappa shape index (κ1) is 14.9. The van der Waals surface area contributed by atoms with Crippen LogP contribution in [0.1, 0.15) is 12.5 Å². The SMILES string of the molecule is CC(=O)Nc1ccc(C=NNC(=N)N)cc1.Cl. The molecule has 0 radical (unpaired) electrons. The van der Waals surface area contributed by atoms with Crippen LogP contribution in [0.4, 0.5) is 5.69 Å². The van der Waals surface area contributed by atoms with E-state index in [0.717, 1.165) is 11.3 Å². The quantitative estimate of drug-likeness (QED) is 0.366. The van der Waals surface area contributed by atoms with Crippen LogP contribution < -0.4 is 16.5 Å². The third-order valence-electron chi connectivity index (χ3n) is 1.63. The number of benzene rings is 1. The average molecular weight is 256 g/mol. The molecule has 17 heavy (non-hydrogen) atoms. The lowest BCUT2D eigenvalue weighted by molar-refractivity contribution is -0.114. The van der Waals surface area contributed by atoms with Gasteiger partial charge in [-0.3, -0.25) is 10.2 Å². The Morgan fingerprint density at radius 2 is 2.00 bits per heavy atom. The molecule has 1 rings (SSSR count). The molecule has 0 aliphatic rings. The van der Waals surface area contributed by atoms with E-state index in [-0.39, 0.29) is 24.3 Å². The Bertz CT molecular complexity index is 415. The van der Waals surface area contributed by atoms with Gasteiger partial charge < -0.3 is 11.1 Å². The standard InChI is InChI=1S/C10H13N5O.ClH/c1-7(16)14-9-4-2-8(3-5-9)6-13-15-10(11)12;/h2-6H,1H3,(H,14,16)(H4,11,12,15);1H. The molecule has 0 atom stereocenters. The highest BCUT2D eigenvalue weighted by Gasteiger charge is 1.94. The van der Waals surface area contributed by atoms with Gasteiger partial charge in [0, 0.05) is 12.6 Å². The van der Waals surface area contributed by atoms with Crippen molar-refractivity contribution in [3.8, 4) is 0 Å². The molecule has 0 saturated carbocycles. The summed E-state index contributed by atoms with van der Waals surface area (Å²) >= 11 is 0. The predicted octanol–water partition coefficient (Wildman–Crippen LogP) is 0.884. The van der Waals surface area contributed by atoms with Gasteiger partial charge in [0.1, 0.15) is 0 Å².